The number of carbonyl (C=O) groups excluding carboxylic acids is 2. The summed E-state index contributed by atoms with van der Waals surface area (Å²) in [6, 6.07) is 0. The van der Waals surface area contributed by atoms with Crippen LogP contribution in [0.3, 0.4) is 0 Å². The normalized spacial score (nSPS) is 22.8. The fourth-order valence-electron chi connectivity index (χ4n) is 2.28. The molecular formula is C15H26O4. The monoisotopic (exact) mass is 270 g/mol. The number of carbonyl (C=O) groups is 2. The van der Waals surface area contributed by atoms with Crippen LogP contribution in [0.1, 0.15) is 58.8 Å². The van der Waals surface area contributed by atoms with Crippen molar-refractivity contribution in [3.8, 4) is 0 Å². The van der Waals surface area contributed by atoms with Crippen LogP contribution < -0.4 is 0 Å². The molecule has 0 aromatic heterocycles. The number of esters is 2. The quantitative estimate of drug-likeness (QED) is 0.527. The van der Waals surface area contributed by atoms with Crippen molar-refractivity contribution in [1.29, 1.82) is 0 Å². The van der Waals surface area contributed by atoms with Crippen LogP contribution in [0.25, 0.3) is 0 Å². The molecule has 4 heteroatoms. The first-order valence-electron chi connectivity index (χ1n) is 7.45. The lowest BCUT2D eigenvalue weighted by Gasteiger charge is -2.24. The van der Waals surface area contributed by atoms with E-state index in [1.807, 2.05) is 0 Å². The molecule has 0 bridgehead atoms. The van der Waals surface area contributed by atoms with Crippen molar-refractivity contribution in [2.24, 2.45) is 11.8 Å². The Balaban J connectivity index is 2.00. The SMILES string of the molecule is CCC(=O)OCCCCOC(=O)C1CCC(C)CC1. The van der Waals surface area contributed by atoms with Crippen LogP contribution in [-0.2, 0) is 19.1 Å². The molecule has 0 aromatic carbocycles. The smallest absolute Gasteiger partial charge is 0.308 e. The van der Waals surface area contributed by atoms with Crippen molar-refractivity contribution < 1.29 is 19.1 Å². The molecule has 0 radical (unpaired) electrons. The Morgan fingerprint density at radius 1 is 1.00 bits per heavy atom. The molecule has 1 fully saturated rings. The van der Waals surface area contributed by atoms with E-state index in [0.29, 0.717) is 19.6 Å². The summed E-state index contributed by atoms with van der Waals surface area (Å²) in [5, 5.41) is 0. The summed E-state index contributed by atoms with van der Waals surface area (Å²) < 4.78 is 10.2. The third kappa shape index (κ3) is 6.60. The summed E-state index contributed by atoms with van der Waals surface area (Å²) in [7, 11) is 0. The first-order chi connectivity index (χ1) is 9.13. The van der Waals surface area contributed by atoms with Crippen LogP contribution in [-0.4, -0.2) is 25.2 Å². The van der Waals surface area contributed by atoms with Gasteiger partial charge in [0, 0.05) is 6.42 Å². The van der Waals surface area contributed by atoms with E-state index in [-0.39, 0.29) is 17.9 Å². The Bertz CT molecular complexity index is 280. The van der Waals surface area contributed by atoms with E-state index in [1.54, 1.807) is 6.92 Å². The van der Waals surface area contributed by atoms with Crippen LogP contribution >= 0.6 is 0 Å². The number of unbranched alkanes of at least 4 members (excludes halogenated alkanes) is 1. The number of hydrogen-bond donors (Lipinski definition) is 0. The maximum Gasteiger partial charge on any atom is 0.308 e. The summed E-state index contributed by atoms with van der Waals surface area (Å²) in [6.45, 7) is 4.87. The third-order valence-electron chi connectivity index (χ3n) is 3.68. The Hall–Kier alpha value is -1.06. The molecule has 0 amide bonds. The molecule has 0 heterocycles. The second-order valence-corrected chi connectivity index (χ2v) is 5.41. The van der Waals surface area contributed by atoms with E-state index < -0.39 is 0 Å². The van der Waals surface area contributed by atoms with Gasteiger partial charge in [0.15, 0.2) is 0 Å². The average Bonchev–Trinajstić information content (AvgIpc) is 2.42. The van der Waals surface area contributed by atoms with E-state index >= 15 is 0 Å². The molecule has 1 rings (SSSR count). The highest BCUT2D eigenvalue weighted by Gasteiger charge is 2.25. The summed E-state index contributed by atoms with van der Waals surface area (Å²) in [6.07, 6.45) is 6.11. The summed E-state index contributed by atoms with van der Waals surface area (Å²) in [5.74, 6) is 0.636. The van der Waals surface area contributed by atoms with E-state index in [4.69, 9.17) is 9.47 Å². The first-order valence-corrected chi connectivity index (χ1v) is 7.45. The van der Waals surface area contributed by atoms with Gasteiger partial charge in [-0.3, -0.25) is 9.59 Å². The predicted octanol–water partition coefficient (Wildman–Crippen LogP) is 3.09. The second kappa shape index (κ2) is 8.94. The second-order valence-electron chi connectivity index (χ2n) is 5.41. The molecule has 0 atom stereocenters. The zero-order valence-electron chi connectivity index (χ0n) is 12.2. The fraction of sp³-hybridized carbons (Fsp3) is 0.867. The summed E-state index contributed by atoms with van der Waals surface area (Å²) >= 11 is 0. The van der Waals surface area contributed by atoms with Crippen molar-refractivity contribution in [3.63, 3.8) is 0 Å². The van der Waals surface area contributed by atoms with Crippen molar-refractivity contribution in [2.45, 2.75) is 58.8 Å². The van der Waals surface area contributed by atoms with Crippen LogP contribution in [0.5, 0.6) is 0 Å². The Kier molecular flexibility index (Phi) is 7.53. The van der Waals surface area contributed by atoms with Gasteiger partial charge in [-0.05, 0) is 44.4 Å². The highest BCUT2D eigenvalue weighted by molar-refractivity contribution is 5.72. The van der Waals surface area contributed by atoms with Crippen molar-refractivity contribution in [3.05, 3.63) is 0 Å². The van der Waals surface area contributed by atoms with Gasteiger partial charge in [-0.2, -0.15) is 0 Å². The zero-order chi connectivity index (χ0) is 14.1. The Morgan fingerprint density at radius 3 is 2.16 bits per heavy atom. The van der Waals surface area contributed by atoms with E-state index in [2.05, 4.69) is 6.92 Å². The van der Waals surface area contributed by atoms with Gasteiger partial charge >= 0.3 is 11.9 Å². The van der Waals surface area contributed by atoms with Gasteiger partial charge in [-0.1, -0.05) is 13.8 Å². The molecule has 0 aliphatic heterocycles. The molecule has 4 nitrogen and oxygen atoms in total. The van der Waals surface area contributed by atoms with Gasteiger partial charge in [0.1, 0.15) is 0 Å². The molecule has 0 saturated heterocycles. The summed E-state index contributed by atoms with van der Waals surface area (Å²) in [5.41, 5.74) is 0. The molecule has 1 saturated carbocycles. The Labute approximate surface area is 115 Å². The lowest BCUT2D eigenvalue weighted by Crippen LogP contribution is -2.23. The highest BCUT2D eigenvalue weighted by atomic mass is 16.5. The van der Waals surface area contributed by atoms with Crippen LogP contribution in [0.2, 0.25) is 0 Å². The zero-order valence-corrected chi connectivity index (χ0v) is 12.2. The minimum absolute atomic E-state index is 0.0440. The van der Waals surface area contributed by atoms with Gasteiger partial charge in [-0.25, -0.2) is 0 Å². The van der Waals surface area contributed by atoms with Crippen molar-refractivity contribution in [1.82, 2.24) is 0 Å². The van der Waals surface area contributed by atoms with Gasteiger partial charge in [0.05, 0.1) is 19.1 Å². The number of ether oxygens (including phenoxy) is 2. The molecule has 0 unspecified atom stereocenters. The van der Waals surface area contributed by atoms with Crippen molar-refractivity contribution in [2.75, 3.05) is 13.2 Å². The predicted molar refractivity (Wildman–Crippen MR) is 72.6 cm³/mol. The number of rotatable bonds is 7. The lowest BCUT2D eigenvalue weighted by atomic mass is 9.83. The van der Waals surface area contributed by atoms with Gasteiger partial charge in [0.2, 0.25) is 0 Å². The highest BCUT2D eigenvalue weighted by Crippen LogP contribution is 2.28. The maximum atomic E-state index is 11.8. The molecule has 1 aliphatic carbocycles. The lowest BCUT2D eigenvalue weighted by molar-refractivity contribution is -0.150. The number of hydrogen-bond acceptors (Lipinski definition) is 4. The topological polar surface area (TPSA) is 52.6 Å². The van der Waals surface area contributed by atoms with Gasteiger partial charge in [-0.15, -0.1) is 0 Å². The molecule has 0 N–H and O–H groups in total. The van der Waals surface area contributed by atoms with Crippen LogP contribution in [0.15, 0.2) is 0 Å². The largest absolute Gasteiger partial charge is 0.466 e. The maximum absolute atomic E-state index is 11.8. The average molecular weight is 270 g/mol. The standard InChI is InChI=1S/C15H26O4/c1-3-14(16)18-10-4-5-11-19-15(17)13-8-6-12(2)7-9-13/h12-13H,3-11H2,1-2H3. The minimum atomic E-state index is -0.173. The molecule has 1 aliphatic rings. The fourth-order valence-corrected chi connectivity index (χ4v) is 2.28. The van der Waals surface area contributed by atoms with Gasteiger partial charge < -0.3 is 9.47 Å². The van der Waals surface area contributed by atoms with Crippen LogP contribution in [0.4, 0.5) is 0 Å². The summed E-state index contributed by atoms with van der Waals surface area (Å²) in [4.78, 5) is 22.7. The first kappa shape index (κ1) is 16.0. The van der Waals surface area contributed by atoms with E-state index in [1.165, 1.54) is 0 Å². The molecule has 19 heavy (non-hydrogen) atoms. The third-order valence-corrected chi connectivity index (χ3v) is 3.68. The van der Waals surface area contributed by atoms with Gasteiger partial charge in [0.25, 0.3) is 0 Å². The van der Waals surface area contributed by atoms with E-state index in [9.17, 15) is 9.59 Å². The minimum Gasteiger partial charge on any atom is -0.466 e. The van der Waals surface area contributed by atoms with Crippen LogP contribution in [0, 0.1) is 11.8 Å². The van der Waals surface area contributed by atoms with Crippen molar-refractivity contribution >= 4 is 11.9 Å². The molecule has 110 valence electrons. The molecule has 0 aromatic rings. The Morgan fingerprint density at radius 2 is 1.58 bits per heavy atom. The molecule has 0 spiro atoms. The molecular weight excluding hydrogens is 244 g/mol. The van der Waals surface area contributed by atoms with E-state index in [0.717, 1.165) is 44.4 Å².